The second kappa shape index (κ2) is 22.2. The standard InChI is InChI=1S/C35H60O5/c1-3-4-5-6-7-8-12-15-18-21-24-31(36)33-26-27-34(40-33)32(37)25-22-19-16-13-10-9-11-14-17-20-23-30-28-29(2)39-35(30)38/h17,20,26-29,31-34,36-37H,3-16,18-19,21-25H2,1-2H3/b20-17+/t29-,31+,32+,33+,34+/m0/s1. The van der Waals surface area contributed by atoms with Gasteiger partial charge in [0, 0.05) is 5.57 Å². The molecule has 0 saturated heterocycles. The normalized spacial score (nSPS) is 22.2. The molecular formula is C35H60O5. The minimum Gasteiger partial charge on any atom is -0.455 e. The van der Waals surface area contributed by atoms with Gasteiger partial charge in [0.25, 0.3) is 0 Å². The number of carbonyl (C=O) groups is 1. The van der Waals surface area contributed by atoms with E-state index in [9.17, 15) is 15.0 Å². The van der Waals surface area contributed by atoms with Gasteiger partial charge in [0.1, 0.15) is 18.3 Å². The lowest BCUT2D eigenvalue weighted by molar-refractivity contribution is -0.139. The Kier molecular flexibility index (Phi) is 19.3. The lowest BCUT2D eigenvalue weighted by Gasteiger charge is -2.22. The van der Waals surface area contributed by atoms with Crippen molar-refractivity contribution in [3.63, 3.8) is 0 Å². The zero-order chi connectivity index (χ0) is 28.8. The van der Waals surface area contributed by atoms with Gasteiger partial charge >= 0.3 is 5.97 Å². The van der Waals surface area contributed by atoms with Crippen LogP contribution in [-0.2, 0) is 14.3 Å². The van der Waals surface area contributed by atoms with Crippen molar-refractivity contribution in [2.75, 3.05) is 0 Å². The minimum atomic E-state index is -0.484. The third kappa shape index (κ3) is 15.5. The summed E-state index contributed by atoms with van der Waals surface area (Å²) in [5.74, 6) is -0.172. The summed E-state index contributed by atoms with van der Waals surface area (Å²) in [6.07, 6.45) is 33.0. The fraction of sp³-hybridized carbons (Fsp3) is 0.800. The summed E-state index contributed by atoms with van der Waals surface area (Å²) in [5, 5.41) is 21.1. The molecule has 5 atom stereocenters. The van der Waals surface area contributed by atoms with Crippen LogP contribution in [0.25, 0.3) is 0 Å². The van der Waals surface area contributed by atoms with Gasteiger partial charge in [-0.05, 0) is 45.1 Å². The highest BCUT2D eigenvalue weighted by molar-refractivity contribution is 5.91. The van der Waals surface area contributed by atoms with E-state index in [1.807, 2.05) is 25.2 Å². The summed E-state index contributed by atoms with van der Waals surface area (Å²) < 4.78 is 11.1. The zero-order valence-corrected chi connectivity index (χ0v) is 25.7. The Balaban J connectivity index is 1.37. The van der Waals surface area contributed by atoms with Gasteiger partial charge in [-0.3, -0.25) is 0 Å². The average molecular weight is 561 g/mol. The molecule has 0 aromatic rings. The van der Waals surface area contributed by atoms with E-state index in [4.69, 9.17) is 9.47 Å². The number of aliphatic hydroxyl groups is 2. The summed E-state index contributed by atoms with van der Waals surface area (Å²) in [6.45, 7) is 4.15. The molecule has 40 heavy (non-hydrogen) atoms. The van der Waals surface area contributed by atoms with E-state index in [-0.39, 0.29) is 24.3 Å². The first-order valence-electron chi connectivity index (χ1n) is 16.8. The lowest BCUT2D eigenvalue weighted by atomic mass is 10.0. The topological polar surface area (TPSA) is 76.0 Å². The maximum Gasteiger partial charge on any atom is 0.334 e. The number of hydrogen-bond acceptors (Lipinski definition) is 5. The molecule has 2 rings (SSSR count). The molecule has 2 aliphatic rings. The summed E-state index contributed by atoms with van der Waals surface area (Å²) in [6, 6.07) is 0. The fourth-order valence-corrected chi connectivity index (χ4v) is 5.71. The van der Waals surface area contributed by atoms with Gasteiger partial charge in [-0.15, -0.1) is 0 Å². The predicted octanol–water partition coefficient (Wildman–Crippen LogP) is 8.67. The van der Waals surface area contributed by atoms with Crippen LogP contribution < -0.4 is 0 Å². The van der Waals surface area contributed by atoms with Crippen molar-refractivity contribution in [3.8, 4) is 0 Å². The number of rotatable bonds is 25. The molecule has 0 amide bonds. The van der Waals surface area contributed by atoms with Gasteiger partial charge in [-0.1, -0.05) is 134 Å². The maximum atomic E-state index is 11.6. The quantitative estimate of drug-likeness (QED) is 0.0664. The Bertz CT molecular complexity index is 742. The molecule has 0 fully saturated rings. The van der Waals surface area contributed by atoms with E-state index in [1.54, 1.807) is 0 Å². The van der Waals surface area contributed by atoms with E-state index < -0.39 is 12.2 Å². The van der Waals surface area contributed by atoms with E-state index in [0.29, 0.717) is 6.42 Å². The van der Waals surface area contributed by atoms with Crippen LogP contribution in [-0.4, -0.2) is 46.7 Å². The fourth-order valence-electron chi connectivity index (χ4n) is 5.71. The molecule has 0 aliphatic carbocycles. The summed E-state index contributed by atoms with van der Waals surface area (Å²) in [5.41, 5.74) is 0.779. The highest BCUT2D eigenvalue weighted by atomic mass is 16.5. The van der Waals surface area contributed by atoms with E-state index in [1.165, 1.54) is 89.9 Å². The predicted molar refractivity (Wildman–Crippen MR) is 165 cm³/mol. The Morgan fingerprint density at radius 2 is 1.20 bits per heavy atom. The third-order valence-corrected chi connectivity index (χ3v) is 8.28. The molecule has 0 spiro atoms. The number of unbranched alkanes of at least 4 members (excludes halogenated alkanes) is 16. The molecule has 230 valence electrons. The van der Waals surface area contributed by atoms with Gasteiger partial charge in [-0.2, -0.15) is 0 Å². The molecule has 5 heteroatoms. The summed E-state index contributed by atoms with van der Waals surface area (Å²) in [7, 11) is 0. The van der Waals surface area contributed by atoms with Gasteiger partial charge in [0.15, 0.2) is 0 Å². The van der Waals surface area contributed by atoms with Crippen molar-refractivity contribution in [3.05, 3.63) is 36.0 Å². The van der Waals surface area contributed by atoms with Crippen LogP contribution in [0.15, 0.2) is 36.0 Å². The molecule has 2 aliphatic heterocycles. The molecule has 0 bridgehead atoms. The van der Waals surface area contributed by atoms with Crippen LogP contribution in [0.1, 0.15) is 149 Å². The Morgan fingerprint density at radius 1 is 0.725 bits per heavy atom. The monoisotopic (exact) mass is 560 g/mol. The Morgan fingerprint density at radius 3 is 1.68 bits per heavy atom. The molecular weight excluding hydrogens is 500 g/mol. The lowest BCUT2D eigenvalue weighted by Crippen LogP contribution is -2.31. The molecule has 0 aromatic carbocycles. The number of esters is 1. The number of ether oxygens (including phenoxy) is 2. The number of allylic oxidation sites excluding steroid dienone is 2. The number of carbonyl (C=O) groups excluding carboxylic acids is 1. The van der Waals surface area contributed by atoms with Gasteiger partial charge in [0.05, 0.1) is 12.2 Å². The van der Waals surface area contributed by atoms with Crippen LogP contribution in [0.5, 0.6) is 0 Å². The first-order chi connectivity index (χ1) is 19.5. The van der Waals surface area contributed by atoms with Crippen molar-refractivity contribution >= 4 is 5.97 Å². The Labute approximate surface area is 245 Å². The van der Waals surface area contributed by atoms with Gasteiger partial charge in [0.2, 0.25) is 0 Å². The maximum absolute atomic E-state index is 11.6. The Hall–Kier alpha value is -1.43. The third-order valence-electron chi connectivity index (χ3n) is 8.28. The van der Waals surface area contributed by atoms with Crippen LogP contribution in [0, 0.1) is 0 Å². The zero-order valence-electron chi connectivity index (χ0n) is 25.7. The summed E-state index contributed by atoms with van der Waals surface area (Å²) >= 11 is 0. The molecule has 0 aromatic heterocycles. The number of hydrogen-bond donors (Lipinski definition) is 2. The SMILES string of the molecule is CCCCCCCCCCCC[C@@H](O)[C@H]1C=C[C@H]([C@H](O)CCCCCCCCC/C=C/CC2=C[C@H](C)OC2=O)O1. The molecule has 2 N–H and O–H groups in total. The van der Waals surface area contributed by atoms with Crippen molar-refractivity contribution in [2.24, 2.45) is 0 Å². The van der Waals surface area contributed by atoms with Crippen molar-refractivity contribution in [1.29, 1.82) is 0 Å². The molecule has 0 radical (unpaired) electrons. The first-order valence-corrected chi connectivity index (χ1v) is 16.8. The molecule has 2 heterocycles. The van der Waals surface area contributed by atoms with Crippen LogP contribution >= 0.6 is 0 Å². The first kappa shape index (κ1) is 34.8. The van der Waals surface area contributed by atoms with Crippen molar-refractivity contribution < 1.29 is 24.5 Å². The largest absolute Gasteiger partial charge is 0.455 e. The number of cyclic esters (lactones) is 1. The van der Waals surface area contributed by atoms with Gasteiger partial charge in [-0.25, -0.2) is 4.79 Å². The highest BCUT2D eigenvalue weighted by Crippen LogP contribution is 2.23. The van der Waals surface area contributed by atoms with Crippen molar-refractivity contribution in [2.45, 2.75) is 179 Å². The molecule has 5 nitrogen and oxygen atoms in total. The number of aliphatic hydroxyl groups excluding tert-OH is 2. The summed E-state index contributed by atoms with van der Waals surface area (Å²) in [4.78, 5) is 11.6. The van der Waals surface area contributed by atoms with Crippen LogP contribution in [0.4, 0.5) is 0 Å². The average Bonchev–Trinajstić information content (AvgIpc) is 3.56. The van der Waals surface area contributed by atoms with E-state index in [0.717, 1.165) is 44.1 Å². The van der Waals surface area contributed by atoms with Crippen LogP contribution in [0.2, 0.25) is 0 Å². The van der Waals surface area contributed by atoms with E-state index in [2.05, 4.69) is 19.1 Å². The van der Waals surface area contributed by atoms with Crippen LogP contribution in [0.3, 0.4) is 0 Å². The molecule has 0 unspecified atom stereocenters. The highest BCUT2D eigenvalue weighted by Gasteiger charge is 2.29. The second-order valence-corrected chi connectivity index (χ2v) is 12.1. The van der Waals surface area contributed by atoms with E-state index >= 15 is 0 Å². The smallest absolute Gasteiger partial charge is 0.334 e. The van der Waals surface area contributed by atoms with Gasteiger partial charge < -0.3 is 19.7 Å². The molecule has 0 saturated carbocycles. The minimum absolute atomic E-state index is 0.0812. The second-order valence-electron chi connectivity index (χ2n) is 12.1. The van der Waals surface area contributed by atoms with Crippen molar-refractivity contribution in [1.82, 2.24) is 0 Å².